The molecule has 0 aliphatic heterocycles. The molecule has 0 heterocycles. The van der Waals surface area contributed by atoms with Crippen LogP contribution in [-0.2, 0) is 9.47 Å². The van der Waals surface area contributed by atoms with Crippen LogP contribution < -0.4 is 0 Å². The van der Waals surface area contributed by atoms with Crippen molar-refractivity contribution in [3.05, 3.63) is 0 Å². The highest BCUT2D eigenvalue weighted by molar-refractivity contribution is 9.23. The van der Waals surface area contributed by atoms with Crippen LogP contribution in [-0.4, -0.2) is 37.9 Å². The van der Waals surface area contributed by atoms with E-state index in [1.807, 2.05) is 0 Å². The Balaban J connectivity index is 3.05. The van der Waals surface area contributed by atoms with Gasteiger partial charge in [0.15, 0.2) is 0 Å². The summed E-state index contributed by atoms with van der Waals surface area (Å²) < 4.78 is 10.2. The minimum atomic E-state index is 0.287. The lowest BCUT2D eigenvalue weighted by Gasteiger charge is -2.09. The normalized spacial score (nSPS) is 13.2. The minimum absolute atomic E-state index is 0.287. The van der Waals surface area contributed by atoms with Gasteiger partial charge < -0.3 is 9.47 Å². The first-order valence-corrected chi connectivity index (χ1v) is 8.87. The van der Waals surface area contributed by atoms with Crippen molar-refractivity contribution in [2.24, 2.45) is 0 Å². The molecule has 2 nitrogen and oxygen atoms in total. The van der Waals surface area contributed by atoms with Crippen molar-refractivity contribution in [2.75, 3.05) is 32.7 Å². The number of rotatable bonds is 9. The van der Waals surface area contributed by atoms with E-state index in [9.17, 15) is 0 Å². The molecule has 0 aromatic carbocycles. The Morgan fingerprint density at radius 3 is 2.77 bits per heavy atom. The Bertz CT molecular complexity index is 105. The van der Waals surface area contributed by atoms with Crippen molar-refractivity contribution in [1.29, 1.82) is 0 Å². The fraction of sp³-hybridized carbons (Fsp3) is 1.00. The quantitative estimate of drug-likeness (QED) is 0.383. The molecule has 80 valence electrons. The van der Waals surface area contributed by atoms with Gasteiger partial charge >= 0.3 is 0 Å². The second-order valence-corrected chi connectivity index (χ2v) is 7.86. The molecule has 0 aromatic heterocycles. The molecule has 0 rings (SSSR count). The fourth-order valence-electron chi connectivity index (χ4n) is 0.538. The number of methoxy groups -OCH3 is 1. The maximum Gasteiger partial charge on any atom is 0.0700 e. The number of thiol groups is 2. The van der Waals surface area contributed by atoms with Gasteiger partial charge in [-0.05, 0) is 19.7 Å². The molecule has 1 unspecified atom stereocenters. The molecule has 0 amide bonds. The highest BCUT2D eigenvalue weighted by Gasteiger charge is 2.03. The lowest BCUT2D eigenvalue weighted by Crippen LogP contribution is -2.13. The molecule has 1 atom stereocenters. The number of hydrogen-bond acceptors (Lipinski definition) is 7. The molecule has 0 bridgehead atoms. The molecule has 0 fully saturated rings. The van der Waals surface area contributed by atoms with Crippen LogP contribution in [0.5, 0.6) is 0 Å². The van der Waals surface area contributed by atoms with Gasteiger partial charge in [-0.3, -0.25) is 0 Å². The molecule has 7 heteroatoms. The Labute approximate surface area is 102 Å². The van der Waals surface area contributed by atoms with Crippen molar-refractivity contribution >= 4 is 54.7 Å². The molecular weight excluding hydrogens is 264 g/mol. The van der Waals surface area contributed by atoms with Crippen LogP contribution in [0.1, 0.15) is 0 Å². The van der Waals surface area contributed by atoms with Crippen LogP contribution in [0.15, 0.2) is 0 Å². The topological polar surface area (TPSA) is 18.5 Å². The molecule has 0 aliphatic rings. The molecule has 0 aliphatic carbocycles. The van der Waals surface area contributed by atoms with Crippen molar-refractivity contribution in [2.45, 2.75) is 5.25 Å². The van der Waals surface area contributed by atoms with E-state index in [0.29, 0.717) is 19.8 Å². The number of hydrogen-bond donors (Lipinski definition) is 2. The van der Waals surface area contributed by atoms with Gasteiger partial charge in [-0.2, -0.15) is 12.6 Å². The van der Waals surface area contributed by atoms with Gasteiger partial charge in [-0.25, -0.2) is 0 Å². The third-order valence-electron chi connectivity index (χ3n) is 1.08. The predicted octanol–water partition coefficient (Wildman–Crippen LogP) is 2.82. The molecular formula is C6H14O2S5. The molecule has 0 saturated carbocycles. The summed E-state index contributed by atoms with van der Waals surface area (Å²) in [7, 11) is 6.51. The SMILES string of the molecule is COCCOCC(S)CSSSS. The first-order chi connectivity index (χ1) is 6.31. The predicted molar refractivity (Wildman–Crippen MR) is 72.1 cm³/mol. The van der Waals surface area contributed by atoms with E-state index in [-0.39, 0.29) is 5.25 Å². The van der Waals surface area contributed by atoms with Crippen molar-refractivity contribution in [1.82, 2.24) is 0 Å². The maximum absolute atomic E-state index is 5.32. The van der Waals surface area contributed by atoms with Crippen LogP contribution in [0.4, 0.5) is 0 Å². The lowest BCUT2D eigenvalue weighted by molar-refractivity contribution is 0.0732. The van der Waals surface area contributed by atoms with Crippen molar-refractivity contribution in [3.63, 3.8) is 0 Å². The first-order valence-electron chi connectivity index (χ1n) is 3.65. The Hall–Kier alpha value is 1.67. The van der Waals surface area contributed by atoms with E-state index < -0.39 is 0 Å². The van der Waals surface area contributed by atoms with Gasteiger partial charge in [0, 0.05) is 18.1 Å². The molecule has 0 aromatic rings. The Morgan fingerprint density at radius 1 is 1.38 bits per heavy atom. The summed E-state index contributed by atoms with van der Waals surface area (Å²) in [6, 6.07) is 0. The van der Waals surface area contributed by atoms with E-state index in [0.717, 1.165) is 5.75 Å². The third kappa shape index (κ3) is 11.6. The van der Waals surface area contributed by atoms with E-state index in [1.165, 1.54) is 9.83 Å². The third-order valence-corrected chi connectivity index (χ3v) is 6.29. The average Bonchev–Trinajstić information content (AvgIpc) is 2.13. The summed E-state index contributed by atoms with van der Waals surface area (Å²) >= 11 is 8.38. The summed E-state index contributed by atoms with van der Waals surface area (Å²) in [6.45, 7) is 1.97. The first kappa shape index (κ1) is 14.7. The van der Waals surface area contributed by atoms with Gasteiger partial charge in [0.2, 0.25) is 0 Å². The number of ether oxygens (including phenoxy) is 2. The van der Waals surface area contributed by atoms with Crippen LogP contribution in [0.2, 0.25) is 0 Å². The monoisotopic (exact) mass is 278 g/mol. The molecule has 0 spiro atoms. The van der Waals surface area contributed by atoms with Crippen molar-refractivity contribution < 1.29 is 9.47 Å². The Morgan fingerprint density at radius 2 is 2.15 bits per heavy atom. The Kier molecular flexibility index (Phi) is 13.3. The maximum atomic E-state index is 5.32. The van der Waals surface area contributed by atoms with Gasteiger partial charge in [0.1, 0.15) is 0 Å². The smallest absolute Gasteiger partial charge is 0.0700 e. The lowest BCUT2D eigenvalue weighted by atomic mass is 10.5. The van der Waals surface area contributed by atoms with Gasteiger partial charge in [0.25, 0.3) is 0 Å². The summed E-state index contributed by atoms with van der Waals surface area (Å²) in [5.41, 5.74) is 0. The minimum Gasteiger partial charge on any atom is -0.382 e. The van der Waals surface area contributed by atoms with E-state index in [1.54, 1.807) is 27.7 Å². The largest absolute Gasteiger partial charge is 0.382 e. The van der Waals surface area contributed by atoms with Crippen LogP contribution in [0.3, 0.4) is 0 Å². The van der Waals surface area contributed by atoms with Crippen LogP contribution in [0, 0.1) is 0 Å². The summed E-state index contributed by atoms with van der Waals surface area (Å²) in [5, 5.41) is 0.287. The molecule has 0 N–H and O–H groups in total. The highest BCUT2D eigenvalue weighted by atomic mass is 33.7. The second kappa shape index (κ2) is 11.7. The van der Waals surface area contributed by atoms with Crippen LogP contribution >= 0.6 is 54.7 Å². The van der Waals surface area contributed by atoms with Crippen LogP contribution in [0.25, 0.3) is 0 Å². The fourth-order valence-corrected chi connectivity index (χ4v) is 4.36. The summed E-state index contributed by atoms with van der Waals surface area (Å²) in [6.07, 6.45) is 0. The van der Waals surface area contributed by atoms with E-state index in [2.05, 4.69) is 24.3 Å². The molecule has 0 saturated heterocycles. The van der Waals surface area contributed by atoms with Gasteiger partial charge in [0.05, 0.1) is 19.8 Å². The standard InChI is InChI=1S/C6H14O2S5/c1-7-2-3-8-4-6(9)5-11-13-12-10/h6,9-10H,2-5H2,1H3. The highest BCUT2D eigenvalue weighted by Crippen LogP contribution is 2.37. The average molecular weight is 279 g/mol. The zero-order chi connectivity index (χ0) is 9.94. The van der Waals surface area contributed by atoms with E-state index in [4.69, 9.17) is 9.47 Å². The summed E-state index contributed by atoms with van der Waals surface area (Å²) in [5.74, 6) is 0.967. The summed E-state index contributed by atoms with van der Waals surface area (Å²) in [4.78, 5) is 0. The van der Waals surface area contributed by atoms with Gasteiger partial charge in [-0.1, -0.05) is 22.5 Å². The molecule has 13 heavy (non-hydrogen) atoms. The second-order valence-electron chi connectivity index (χ2n) is 2.15. The zero-order valence-corrected chi connectivity index (χ0v) is 11.6. The van der Waals surface area contributed by atoms with Gasteiger partial charge in [-0.15, -0.1) is 0 Å². The zero-order valence-electron chi connectivity index (χ0n) is 7.34. The van der Waals surface area contributed by atoms with Crippen molar-refractivity contribution in [3.8, 4) is 0 Å². The van der Waals surface area contributed by atoms with E-state index >= 15 is 0 Å². The molecule has 0 radical (unpaired) electrons.